The van der Waals surface area contributed by atoms with Crippen LogP contribution in [-0.2, 0) is 4.79 Å². The van der Waals surface area contributed by atoms with Crippen molar-refractivity contribution in [3.63, 3.8) is 0 Å². The maximum absolute atomic E-state index is 11.8. The second-order valence-electron chi connectivity index (χ2n) is 5.03. The third-order valence-corrected chi connectivity index (χ3v) is 2.93. The molecule has 5 heteroatoms. The van der Waals surface area contributed by atoms with E-state index in [4.69, 9.17) is 11.6 Å². The molecule has 2 amide bonds. The fourth-order valence-electron chi connectivity index (χ4n) is 2.18. The zero-order valence-corrected chi connectivity index (χ0v) is 10.5. The van der Waals surface area contributed by atoms with Gasteiger partial charge >= 0.3 is 5.37 Å². The van der Waals surface area contributed by atoms with Crippen molar-refractivity contribution in [3.8, 4) is 0 Å². The van der Waals surface area contributed by atoms with E-state index < -0.39 is 11.4 Å². The normalized spacial score (nSPS) is 27.5. The van der Waals surface area contributed by atoms with Gasteiger partial charge in [0, 0.05) is 12.5 Å². The quantitative estimate of drug-likeness (QED) is 0.473. The molecule has 0 unspecified atom stereocenters. The summed E-state index contributed by atoms with van der Waals surface area (Å²) in [4.78, 5) is 26.1. The number of nitrogens with zero attached hydrogens (tertiary/aromatic N) is 2. The van der Waals surface area contributed by atoms with E-state index in [0.717, 1.165) is 0 Å². The van der Waals surface area contributed by atoms with Crippen LogP contribution in [-0.4, -0.2) is 40.3 Å². The van der Waals surface area contributed by atoms with Crippen LogP contribution in [0.15, 0.2) is 0 Å². The van der Waals surface area contributed by atoms with Crippen molar-refractivity contribution in [1.82, 2.24) is 9.80 Å². The van der Waals surface area contributed by atoms with Gasteiger partial charge < -0.3 is 4.90 Å². The van der Waals surface area contributed by atoms with Crippen LogP contribution in [0, 0.1) is 5.41 Å². The van der Waals surface area contributed by atoms with Crippen LogP contribution in [0.25, 0.3) is 0 Å². The highest BCUT2D eigenvalue weighted by Gasteiger charge is 2.48. The van der Waals surface area contributed by atoms with Crippen LogP contribution < -0.4 is 0 Å². The Morgan fingerprint density at radius 2 is 1.87 bits per heavy atom. The Hall–Kier alpha value is -0.770. The number of halogens is 1. The number of hydrogen-bond donors (Lipinski definition) is 0. The molecule has 0 aromatic heterocycles. The average Bonchev–Trinajstić information content (AvgIpc) is 2.28. The summed E-state index contributed by atoms with van der Waals surface area (Å²) in [7, 11) is 1.70. The second kappa shape index (κ2) is 3.67. The van der Waals surface area contributed by atoms with Crippen molar-refractivity contribution in [1.29, 1.82) is 0 Å². The van der Waals surface area contributed by atoms with E-state index >= 15 is 0 Å². The van der Waals surface area contributed by atoms with Gasteiger partial charge in [0.05, 0.1) is 0 Å². The summed E-state index contributed by atoms with van der Waals surface area (Å²) in [6.07, 6.45) is -0.273. The van der Waals surface area contributed by atoms with Crippen molar-refractivity contribution in [3.05, 3.63) is 0 Å². The molecule has 0 N–H and O–H groups in total. The highest BCUT2D eigenvalue weighted by atomic mass is 35.5. The zero-order chi connectivity index (χ0) is 12.0. The van der Waals surface area contributed by atoms with Crippen LogP contribution in [0.5, 0.6) is 0 Å². The molecule has 0 aromatic carbocycles. The van der Waals surface area contributed by atoms with Crippen molar-refractivity contribution in [2.24, 2.45) is 5.41 Å². The molecule has 4 nitrogen and oxygen atoms in total. The van der Waals surface area contributed by atoms with Gasteiger partial charge in [-0.05, 0) is 18.5 Å². The summed E-state index contributed by atoms with van der Waals surface area (Å²) in [6, 6.07) is -0.468. The minimum absolute atomic E-state index is 0.0658. The molecular formula is C10H17ClN2O2. The van der Waals surface area contributed by atoms with Crippen LogP contribution in [0.1, 0.15) is 27.7 Å². The molecule has 1 aliphatic heterocycles. The minimum atomic E-state index is -0.569. The highest BCUT2D eigenvalue weighted by molar-refractivity contribution is 6.63. The fraction of sp³-hybridized carbons (Fsp3) is 0.800. The number of carbonyl (C=O) groups is 2. The predicted molar refractivity (Wildman–Crippen MR) is 58.6 cm³/mol. The van der Waals surface area contributed by atoms with Gasteiger partial charge in [0.1, 0.15) is 12.2 Å². The molecule has 0 radical (unpaired) electrons. The van der Waals surface area contributed by atoms with Gasteiger partial charge in [-0.15, -0.1) is 0 Å². The Balaban J connectivity index is 3.12. The Bertz CT molecular complexity index is 298. The maximum atomic E-state index is 11.8. The molecule has 86 valence electrons. The largest absolute Gasteiger partial charge is 0.323 e. The summed E-state index contributed by atoms with van der Waals surface area (Å²) in [6.45, 7) is 7.63. The number of likely N-dealkylation sites (N-methyl/N-ethyl adjacent to an activating group) is 1. The standard InChI is InChI=1S/C10H17ClN2O2/c1-6-7(14)12(5)8(10(2,3)4)13(6)9(11)15/h6,8H,1-5H3/t6-,8-/m0/s1. The van der Waals surface area contributed by atoms with E-state index in [1.807, 2.05) is 20.8 Å². The molecule has 1 saturated heterocycles. The van der Waals surface area contributed by atoms with Gasteiger partial charge in [0.15, 0.2) is 0 Å². The van der Waals surface area contributed by atoms with Gasteiger partial charge in [0.2, 0.25) is 5.91 Å². The molecular weight excluding hydrogens is 216 g/mol. The zero-order valence-electron chi connectivity index (χ0n) is 9.74. The molecule has 0 saturated carbocycles. The average molecular weight is 233 g/mol. The summed E-state index contributed by atoms with van der Waals surface area (Å²) in [5.74, 6) is -0.0658. The van der Waals surface area contributed by atoms with Gasteiger partial charge in [-0.3, -0.25) is 14.5 Å². The minimum Gasteiger partial charge on any atom is -0.323 e. The van der Waals surface area contributed by atoms with Gasteiger partial charge in [-0.1, -0.05) is 20.8 Å². The first-order valence-electron chi connectivity index (χ1n) is 4.92. The molecule has 2 atom stereocenters. The molecule has 15 heavy (non-hydrogen) atoms. The topological polar surface area (TPSA) is 40.6 Å². The highest BCUT2D eigenvalue weighted by Crippen LogP contribution is 2.34. The first-order chi connectivity index (χ1) is 6.68. The molecule has 0 aromatic rings. The molecule has 1 aliphatic rings. The lowest BCUT2D eigenvalue weighted by atomic mass is 9.91. The SMILES string of the molecule is C[C@H]1C(=O)N(C)[C@H](C(C)(C)C)N1C(=O)Cl. The first-order valence-corrected chi connectivity index (χ1v) is 5.30. The second-order valence-corrected chi connectivity index (χ2v) is 5.35. The molecule has 1 rings (SSSR count). The number of amides is 2. The lowest BCUT2D eigenvalue weighted by Crippen LogP contribution is -2.48. The fourth-order valence-corrected chi connectivity index (χ4v) is 2.42. The molecule has 1 heterocycles. The van der Waals surface area contributed by atoms with E-state index in [1.165, 1.54) is 4.90 Å². The Morgan fingerprint density at radius 3 is 2.13 bits per heavy atom. The molecule has 1 fully saturated rings. The monoisotopic (exact) mass is 232 g/mol. The van der Waals surface area contributed by atoms with E-state index in [2.05, 4.69) is 0 Å². The Morgan fingerprint density at radius 1 is 1.40 bits per heavy atom. The Kier molecular flexibility index (Phi) is 3.01. The summed E-state index contributed by atoms with van der Waals surface area (Å²) < 4.78 is 0. The lowest BCUT2D eigenvalue weighted by Gasteiger charge is -2.37. The number of rotatable bonds is 0. The van der Waals surface area contributed by atoms with Crippen LogP contribution in [0.4, 0.5) is 4.79 Å². The van der Waals surface area contributed by atoms with E-state index in [0.29, 0.717) is 0 Å². The summed E-state index contributed by atoms with van der Waals surface area (Å²) >= 11 is 5.52. The van der Waals surface area contributed by atoms with Gasteiger partial charge in [-0.2, -0.15) is 0 Å². The van der Waals surface area contributed by atoms with Crippen LogP contribution in [0.3, 0.4) is 0 Å². The van der Waals surface area contributed by atoms with Crippen LogP contribution >= 0.6 is 11.6 Å². The maximum Gasteiger partial charge on any atom is 0.318 e. The van der Waals surface area contributed by atoms with Crippen molar-refractivity contribution in [2.75, 3.05) is 7.05 Å². The number of hydrogen-bond acceptors (Lipinski definition) is 2. The summed E-state index contributed by atoms with van der Waals surface area (Å²) in [5, 5.41) is -0.569. The first kappa shape index (κ1) is 12.3. The molecule has 0 spiro atoms. The lowest BCUT2D eigenvalue weighted by molar-refractivity contribution is -0.129. The third kappa shape index (κ3) is 1.95. The predicted octanol–water partition coefficient (Wildman–Crippen LogP) is 1.88. The van der Waals surface area contributed by atoms with Gasteiger partial charge in [0.25, 0.3) is 0 Å². The van der Waals surface area contributed by atoms with Crippen molar-refractivity contribution in [2.45, 2.75) is 39.9 Å². The molecule has 0 aliphatic carbocycles. The van der Waals surface area contributed by atoms with Crippen molar-refractivity contribution < 1.29 is 9.59 Å². The van der Waals surface area contributed by atoms with E-state index in [-0.39, 0.29) is 17.5 Å². The number of carbonyl (C=O) groups excluding carboxylic acids is 2. The third-order valence-electron chi connectivity index (χ3n) is 2.73. The van der Waals surface area contributed by atoms with E-state index in [1.54, 1.807) is 18.9 Å². The summed E-state index contributed by atoms with van der Waals surface area (Å²) in [5.41, 5.74) is -0.209. The molecule has 0 bridgehead atoms. The smallest absolute Gasteiger partial charge is 0.318 e. The van der Waals surface area contributed by atoms with Crippen LogP contribution in [0.2, 0.25) is 0 Å². The van der Waals surface area contributed by atoms with Crippen molar-refractivity contribution >= 4 is 22.9 Å². The van der Waals surface area contributed by atoms with Gasteiger partial charge in [-0.25, -0.2) is 0 Å². The Labute approximate surface area is 95.2 Å². The van der Waals surface area contributed by atoms with E-state index in [9.17, 15) is 9.59 Å².